The molecule has 0 aliphatic carbocycles. The van der Waals surface area contributed by atoms with Crippen molar-refractivity contribution in [2.45, 2.75) is 11.8 Å². The number of likely N-dealkylation sites (N-methyl/N-ethyl adjacent to an activating group) is 1. The highest BCUT2D eigenvalue weighted by Crippen LogP contribution is 2.29. The second-order valence-corrected chi connectivity index (χ2v) is 7.95. The van der Waals surface area contributed by atoms with Gasteiger partial charge in [0, 0.05) is 19.0 Å². The zero-order chi connectivity index (χ0) is 13.2. The van der Waals surface area contributed by atoms with Crippen molar-refractivity contribution in [3.8, 4) is 0 Å². The van der Waals surface area contributed by atoms with Gasteiger partial charge in [0.1, 0.15) is 0 Å². The first kappa shape index (κ1) is 14.6. The van der Waals surface area contributed by atoms with Crippen LogP contribution in [0.2, 0.25) is 0 Å². The van der Waals surface area contributed by atoms with Crippen LogP contribution < -0.4 is 4.72 Å². The molecule has 0 saturated heterocycles. The zero-order valence-corrected chi connectivity index (χ0v) is 12.9. The van der Waals surface area contributed by atoms with Crippen LogP contribution in [0.4, 0.5) is 0 Å². The van der Waals surface area contributed by atoms with E-state index >= 15 is 0 Å². The van der Waals surface area contributed by atoms with E-state index in [4.69, 9.17) is 0 Å². The van der Waals surface area contributed by atoms with Gasteiger partial charge in [-0.25, -0.2) is 13.1 Å². The lowest BCUT2D eigenvalue weighted by molar-refractivity contribution is -0.127. The standard InChI is InChI=1S/C9H13BrN2O3S2/c1-6-7(4-8(10)16-6)17(14,15)11-5-9(13)12(2)3/h4,11H,5H2,1-3H3. The molecule has 0 aromatic carbocycles. The Balaban J connectivity index is 2.83. The number of nitrogens with zero attached hydrogens (tertiary/aromatic N) is 1. The molecule has 0 aliphatic heterocycles. The first-order valence-electron chi connectivity index (χ1n) is 4.70. The van der Waals surface area contributed by atoms with Gasteiger partial charge in [0.05, 0.1) is 15.2 Å². The van der Waals surface area contributed by atoms with Gasteiger partial charge >= 0.3 is 0 Å². The van der Waals surface area contributed by atoms with Crippen LogP contribution in [0.15, 0.2) is 14.7 Å². The second kappa shape index (κ2) is 5.47. The lowest BCUT2D eigenvalue weighted by Crippen LogP contribution is -2.36. The normalized spacial score (nSPS) is 11.5. The van der Waals surface area contributed by atoms with Crippen LogP contribution in [0.25, 0.3) is 0 Å². The number of carbonyl (C=O) groups excluding carboxylic acids is 1. The highest BCUT2D eigenvalue weighted by molar-refractivity contribution is 9.11. The predicted octanol–water partition coefficient (Wildman–Crippen LogP) is 1.19. The van der Waals surface area contributed by atoms with E-state index in [2.05, 4.69) is 20.7 Å². The minimum absolute atomic E-state index is 0.209. The molecule has 0 spiro atoms. The summed E-state index contributed by atoms with van der Waals surface area (Å²) < 4.78 is 26.8. The van der Waals surface area contributed by atoms with Crippen molar-refractivity contribution in [3.63, 3.8) is 0 Å². The van der Waals surface area contributed by atoms with Crippen LogP contribution in [-0.4, -0.2) is 39.9 Å². The molecule has 1 rings (SSSR count). The number of rotatable bonds is 4. The number of aryl methyl sites for hydroxylation is 1. The molecule has 5 nitrogen and oxygen atoms in total. The minimum Gasteiger partial charge on any atom is -0.348 e. The number of carbonyl (C=O) groups is 1. The SMILES string of the molecule is Cc1sc(Br)cc1S(=O)(=O)NCC(=O)N(C)C. The summed E-state index contributed by atoms with van der Waals surface area (Å²) in [7, 11) is -0.471. The Bertz CT molecular complexity index is 522. The van der Waals surface area contributed by atoms with Gasteiger partial charge in [0.15, 0.2) is 0 Å². The van der Waals surface area contributed by atoms with Gasteiger partial charge in [0.25, 0.3) is 0 Å². The van der Waals surface area contributed by atoms with Crippen molar-refractivity contribution in [1.82, 2.24) is 9.62 Å². The highest BCUT2D eigenvalue weighted by Gasteiger charge is 2.20. The molecule has 1 N–H and O–H groups in total. The van der Waals surface area contributed by atoms with Crippen LogP contribution >= 0.6 is 27.3 Å². The first-order valence-corrected chi connectivity index (χ1v) is 7.79. The minimum atomic E-state index is -3.62. The third-order valence-electron chi connectivity index (χ3n) is 2.04. The lowest BCUT2D eigenvalue weighted by atomic mass is 10.5. The molecule has 1 heterocycles. The Kier molecular flexibility index (Phi) is 4.70. The van der Waals surface area contributed by atoms with Crippen molar-refractivity contribution in [3.05, 3.63) is 14.7 Å². The topological polar surface area (TPSA) is 66.5 Å². The fraction of sp³-hybridized carbons (Fsp3) is 0.444. The average Bonchev–Trinajstić information content (AvgIpc) is 2.55. The summed E-state index contributed by atoms with van der Waals surface area (Å²) in [5.41, 5.74) is 0. The van der Waals surface area contributed by atoms with Gasteiger partial charge < -0.3 is 4.90 Å². The zero-order valence-electron chi connectivity index (χ0n) is 9.65. The van der Waals surface area contributed by atoms with Gasteiger partial charge in [-0.15, -0.1) is 11.3 Å². The molecule has 1 aromatic rings. The van der Waals surface area contributed by atoms with E-state index < -0.39 is 10.0 Å². The molecule has 0 atom stereocenters. The Labute approximate surface area is 113 Å². The molecule has 0 unspecified atom stereocenters. The largest absolute Gasteiger partial charge is 0.348 e. The van der Waals surface area contributed by atoms with Gasteiger partial charge in [-0.1, -0.05) is 0 Å². The van der Waals surface area contributed by atoms with E-state index in [0.717, 1.165) is 3.79 Å². The molecule has 0 saturated carbocycles. The maximum Gasteiger partial charge on any atom is 0.242 e. The monoisotopic (exact) mass is 340 g/mol. The number of hydrogen-bond donors (Lipinski definition) is 1. The number of hydrogen-bond acceptors (Lipinski definition) is 4. The molecule has 96 valence electrons. The van der Waals surface area contributed by atoms with E-state index in [1.807, 2.05) is 0 Å². The molecule has 8 heteroatoms. The molecular weight excluding hydrogens is 328 g/mol. The Morgan fingerprint density at radius 2 is 2.12 bits per heavy atom. The molecular formula is C9H13BrN2O3S2. The van der Waals surface area contributed by atoms with Crippen molar-refractivity contribution in [1.29, 1.82) is 0 Å². The molecule has 1 amide bonds. The molecule has 0 bridgehead atoms. The van der Waals surface area contributed by atoms with E-state index in [9.17, 15) is 13.2 Å². The van der Waals surface area contributed by atoms with Crippen molar-refractivity contribution < 1.29 is 13.2 Å². The fourth-order valence-electron chi connectivity index (χ4n) is 1.09. The van der Waals surface area contributed by atoms with Crippen LogP contribution in [0, 0.1) is 6.92 Å². The molecule has 1 aromatic heterocycles. The summed E-state index contributed by atoms with van der Waals surface area (Å²) >= 11 is 4.57. The maximum absolute atomic E-state index is 11.9. The Hall–Kier alpha value is -0.440. The number of nitrogens with one attached hydrogen (secondary N) is 1. The summed E-state index contributed by atoms with van der Waals surface area (Å²) in [5, 5.41) is 0. The van der Waals surface area contributed by atoms with Gasteiger partial charge in [-0.05, 0) is 28.9 Å². The third kappa shape index (κ3) is 3.77. The van der Waals surface area contributed by atoms with E-state index in [0.29, 0.717) is 4.88 Å². The lowest BCUT2D eigenvalue weighted by Gasteiger charge is -2.11. The third-order valence-corrected chi connectivity index (χ3v) is 5.25. The smallest absolute Gasteiger partial charge is 0.242 e. The van der Waals surface area contributed by atoms with Crippen molar-refractivity contribution in [2.24, 2.45) is 0 Å². The van der Waals surface area contributed by atoms with E-state index in [-0.39, 0.29) is 17.3 Å². The quantitative estimate of drug-likeness (QED) is 0.895. The highest BCUT2D eigenvalue weighted by atomic mass is 79.9. The van der Waals surface area contributed by atoms with Crippen LogP contribution in [0.1, 0.15) is 4.88 Å². The molecule has 17 heavy (non-hydrogen) atoms. The Morgan fingerprint density at radius 3 is 2.53 bits per heavy atom. The average molecular weight is 341 g/mol. The van der Waals surface area contributed by atoms with Gasteiger partial charge in [0.2, 0.25) is 15.9 Å². The van der Waals surface area contributed by atoms with Crippen molar-refractivity contribution in [2.75, 3.05) is 20.6 Å². The number of halogens is 1. The van der Waals surface area contributed by atoms with Crippen LogP contribution in [0.3, 0.4) is 0 Å². The van der Waals surface area contributed by atoms with Gasteiger partial charge in [-0.2, -0.15) is 0 Å². The van der Waals surface area contributed by atoms with Gasteiger partial charge in [-0.3, -0.25) is 4.79 Å². The molecule has 0 fully saturated rings. The van der Waals surface area contributed by atoms with Crippen LogP contribution in [-0.2, 0) is 14.8 Å². The van der Waals surface area contributed by atoms with E-state index in [1.54, 1.807) is 21.0 Å². The van der Waals surface area contributed by atoms with Crippen LogP contribution in [0.5, 0.6) is 0 Å². The molecule has 0 radical (unpaired) electrons. The first-order chi connectivity index (χ1) is 7.74. The number of sulfonamides is 1. The van der Waals surface area contributed by atoms with Crippen molar-refractivity contribution >= 4 is 43.2 Å². The fourth-order valence-corrected chi connectivity index (χ4v) is 4.48. The summed E-state index contributed by atoms with van der Waals surface area (Å²) in [4.78, 5) is 13.5. The summed E-state index contributed by atoms with van der Waals surface area (Å²) in [5.74, 6) is -0.291. The second-order valence-electron chi connectivity index (χ2n) is 3.58. The maximum atomic E-state index is 11.9. The number of thiophene rings is 1. The summed E-state index contributed by atoms with van der Waals surface area (Å²) in [6, 6.07) is 1.53. The summed E-state index contributed by atoms with van der Waals surface area (Å²) in [6.07, 6.45) is 0. The van der Waals surface area contributed by atoms with E-state index in [1.165, 1.54) is 22.3 Å². The number of amides is 1. The predicted molar refractivity (Wildman–Crippen MR) is 70.6 cm³/mol. The Morgan fingerprint density at radius 1 is 1.53 bits per heavy atom. The molecule has 0 aliphatic rings. The summed E-state index contributed by atoms with van der Waals surface area (Å²) in [6.45, 7) is 1.49.